The van der Waals surface area contributed by atoms with Gasteiger partial charge in [-0.1, -0.05) is 43.7 Å². The topological polar surface area (TPSA) is 17.1 Å². The van der Waals surface area contributed by atoms with Crippen molar-refractivity contribution in [3.05, 3.63) is 35.5 Å². The molecule has 0 aromatic heterocycles. The Balaban J connectivity index is 4.16. The van der Waals surface area contributed by atoms with E-state index in [2.05, 4.69) is 60.3 Å². The van der Waals surface area contributed by atoms with E-state index in [0.29, 0.717) is 12.3 Å². The Labute approximate surface area is 132 Å². The zero-order valence-corrected chi connectivity index (χ0v) is 15.0. The summed E-state index contributed by atoms with van der Waals surface area (Å²) in [5.74, 6) is 0.984. The van der Waals surface area contributed by atoms with Crippen LogP contribution < -0.4 is 0 Å². The maximum atomic E-state index is 12.3. The van der Waals surface area contributed by atoms with Crippen molar-refractivity contribution in [3.63, 3.8) is 0 Å². The van der Waals surface area contributed by atoms with Crippen LogP contribution in [0.1, 0.15) is 73.6 Å². The van der Waals surface area contributed by atoms with Gasteiger partial charge < -0.3 is 0 Å². The number of rotatable bonds is 10. The zero-order valence-electron chi connectivity index (χ0n) is 15.0. The van der Waals surface area contributed by atoms with E-state index < -0.39 is 0 Å². The van der Waals surface area contributed by atoms with E-state index in [1.807, 2.05) is 0 Å². The molecule has 0 spiro atoms. The van der Waals surface area contributed by atoms with Crippen LogP contribution in [0.2, 0.25) is 0 Å². The molecule has 0 rings (SSSR count). The summed E-state index contributed by atoms with van der Waals surface area (Å²) < 4.78 is 0. The standard InChI is InChI=1S/C20H34O/c1-15(2)10-8-12-17(5)14-20(21)19(7)18(6)13-9-11-16(3)4/h10-11,17-18H,7-9,12-14H2,1-6H3/t17-,18-/m1/s1. The minimum absolute atomic E-state index is 0.254. The maximum absolute atomic E-state index is 12.3. The van der Waals surface area contributed by atoms with Gasteiger partial charge in [-0.2, -0.15) is 0 Å². The van der Waals surface area contributed by atoms with Gasteiger partial charge in [0.2, 0.25) is 0 Å². The summed E-state index contributed by atoms with van der Waals surface area (Å²) in [6.07, 6.45) is 9.32. The molecule has 0 radical (unpaired) electrons. The highest BCUT2D eigenvalue weighted by molar-refractivity contribution is 5.95. The normalized spacial score (nSPS) is 13.2. The number of hydrogen-bond donors (Lipinski definition) is 0. The summed E-state index contributed by atoms with van der Waals surface area (Å²) in [5.41, 5.74) is 3.50. The van der Waals surface area contributed by atoms with E-state index >= 15 is 0 Å². The molecule has 0 aliphatic carbocycles. The lowest BCUT2D eigenvalue weighted by atomic mass is 9.88. The summed E-state index contributed by atoms with van der Waals surface area (Å²) in [4.78, 5) is 12.3. The molecule has 0 bridgehead atoms. The maximum Gasteiger partial charge on any atom is 0.158 e. The molecule has 0 aromatic carbocycles. The van der Waals surface area contributed by atoms with Crippen LogP contribution >= 0.6 is 0 Å². The first kappa shape index (κ1) is 19.9. The van der Waals surface area contributed by atoms with Crippen molar-refractivity contribution in [1.29, 1.82) is 0 Å². The fraction of sp³-hybridized carbons (Fsp3) is 0.650. The number of carbonyl (C=O) groups is 1. The Kier molecular flexibility index (Phi) is 10.0. The van der Waals surface area contributed by atoms with Gasteiger partial charge in [-0.15, -0.1) is 0 Å². The molecule has 0 heterocycles. The third kappa shape index (κ3) is 10.3. The first-order chi connectivity index (χ1) is 9.73. The van der Waals surface area contributed by atoms with Gasteiger partial charge in [-0.05, 0) is 70.8 Å². The molecule has 1 heteroatoms. The van der Waals surface area contributed by atoms with Crippen molar-refractivity contribution in [2.45, 2.75) is 73.6 Å². The van der Waals surface area contributed by atoms with Gasteiger partial charge in [0.25, 0.3) is 0 Å². The molecule has 0 aliphatic heterocycles. The third-order valence-corrected chi connectivity index (χ3v) is 3.85. The Morgan fingerprint density at radius 2 is 1.43 bits per heavy atom. The average molecular weight is 290 g/mol. The first-order valence-electron chi connectivity index (χ1n) is 8.22. The number of Topliss-reactive ketones (excluding diaryl/α,β-unsaturated/α-hetero) is 1. The molecule has 0 aromatic rings. The summed E-state index contributed by atoms with van der Waals surface area (Å²) >= 11 is 0. The predicted octanol–water partition coefficient (Wildman–Crippen LogP) is 6.27. The van der Waals surface area contributed by atoms with Gasteiger partial charge >= 0.3 is 0 Å². The Bertz CT molecular complexity index is 390. The van der Waals surface area contributed by atoms with Crippen molar-refractivity contribution < 1.29 is 4.79 Å². The van der Waals surface area contributed by atoms with Gasteiger partial charge in [0.05, 0.1) is 0 Å². The molecule has 120 valence electrons. The second-order valence-electron chi connectivity index (χ2n) is 6.88. The monoisotopic (exact) mass is 290 g/mol. The Hall–Kier alpha value is -1.11. The van der Waals surface area contributed by atoms with Crippen LogP contribution in [-0.4, -0.2) is 5.78 Å². The minimum Gasteiger partial charge on any atom is -0.295 e. The van der Waals surface area contributed by atoms with Crippen LogP contribution in [0.15, 0.2) is 35.5 Å². The minimum atomic E-state index is 0.254. The van der Waals surface area contributed by atoms with Crippen molar-refractivity contribution in [3.8, 4) is 0 Å². The van der Waals surface area contributed by atoms with E-state index in [-0.39, 0.29) is 11.7 Å². The molecular formula is C20H34O. The number of ketones is 1. The van der Waals surface area contributed by atoms with Crippen LogP contribution in [0.5, 0.6) is 0 Å². The summed E-state index contributed by atoms with van der Waals surface area (Å²) in [7, 11) is 0. The van der Waals surface area contributed by atoms with Crippen molar-refractivity contribution in [1.82, 2.24) is 0 Å². The van der Waals surface area contributed by atoms with E-state index in [9.17, 15) is 4.79 Å². The van der Waals surface area contributed by atoms with Crippen molar-refractivity contribution in [2.24, 2.45) is 11.8 Å². The smallest absolute Gasteiger partial charge is 0.158 e. The fourth-order valence-corrected chi connectivity index (χ4v) is 2.28. The summed E-state index contributed by atoms with van der Waals surface area (Å²) in [6, 6.07) is 0. The molecule has 2 atom stereocenters. The fourth-order valence-electron chi connectivity index (χ4n) is 2.28. The quantitative estimate of drug-likeness (QED) is 0.342. The first-order valence-corrected chi connectivity index (χ1v) is 8.22. The Morgan fingerprint density at radius 3 is 1.90 bits per heavy atom. The predicted molar refractivity (Wildman–Crippen MR) is 94.4 cm³/mol. The highest BCUT2D eigenvalue weighted by Gasteiger charge is 2.16. The lowest BCUT2D eigenvalue weighted by Gasteiger charge is -2.15. The Morgan fingerprint density at radius 1 is 0.952 bits per heavy atom. The zero-order chi connectivity index (χ0) is 16.4. The molecule has 0 aliphatic rings. The lowest BCUT2D eigenvalue weighted by molar-refractivity contribution is -0.116. The molecule has 0 saturated heterocycles. The molecular weight excluding hydrogens is 256 g/mol. The number of allylic oxidation sites excluding steroid dienone is 5. The molecule has 1 nitrogen and oxygen atoms in total. The largest absolute Gasteiger partial charge is 0.295 e. The van der Waals surface area contributed by atoms with Crippen LogP contribution in [-0.2, 0) is 4.79 Å². The lowest BCUT2D eigenvalue weighted by Crippen LogP contribution is -2.13. The van der Waals surface area contributed by atoms with E-state index in [1.165, 1.54) is 11.1 Å². The van der Waals surface area contributed by atoms with Crippen LogP contribution in [0, 0.1) is 11.8 Å². The highest BCUT2D eigenvalue weighted by Crippen LogP contribution is 2.21. The molecule has 0 saturated carbocycles. The molecule has 21 heavy (non-hydrogen) atoms. The molecule has 0 fully saturated rings. The van der Waals surface area contributed by atoms with Crippen LogP contribution in [0.25, 0.3) is 0 Å². The van der Waals surface area contributed by atoms with Gasteiger partial charge in [-0.25, -0.2) is 0 Å². The average Bonchev–Trinajstić information content (AvgIpc) is 2.36. The van der Waals surface area contributed by atoms with Crippen molar-refractivity contribution in [2.75, 3.05) is 0 Å². The highest BCUT2D eigenvalue weighted by atomic mass is 16.1. The van der Waals surface area contributed by atoms with Crippen molar-refractivity contribution >= 4 is 5.78 Å². The summed E-state index contributed by atoms with van der Waals surface area (Å²) in [6.45, 7) is 16.8. The van der Waals surface area contributed by atoms with Gasteiger partial charge in [0.15, 0.2) is 5.78 Å². The van der Waals surface area contributed by atoms with Crippen LogP contribution in [0.3, 0.4) is 0 Å². The van der Waals surface area contributed by atoms with E-state index in [1.54, 1.807) is 0 Å². The molecule has 0 N–H and O–H groups in total. The second-order valence-corrected chi connectivity index (χ2v) is 6.88. The summed E-state index contributed by atoms with van der Waals surface area (Å²) in [5, 5.41) is 0. The second kappa shape index (κ2) is 10.6. The van der Waals surface area contributed by atoms with E-state index in [0.717, 1.165) is 31.3 Å². The number of hydrogen-bond acceptors (Lipinski definition) is 1. The SMILES string of the molecule is C=C(C(=O)C[C@H](C)CCC=C(C)C)[C@H](C)CCC=C(C)C. The number of carbonyl (C=O) groups excluding carboxylic acids is 1. The van der Waals surface area contributed by atoms with Gasteiger partial charge in [-0.3, -0.25) is 4.79 Å². The van der Waals surface area contributed by atoms with Crippen LogP contribution in [0.4, 0.5) is 0 Å². The van der Waals surface area contributed by atoms with Gasteiger partial charge in [0, 0.05) is 6.42 Å². The third-order valence-electron chi connectivity index (χ3n) is 3.85. The van der Waals surface area contributed by atoms with E-state index in [4.69, 9.17) is 0 Å². The molecule has 0 unspecified atom stereocenters. The molecule has 0 amide bonds. The van der Waals surface area contributed by atoms with Gasteiger partial charge in [0.1, 0.15) is 0 Å².